The Kier molecular flexibility index (Phi) is 6.47. The van der Waals surface area contributed by atoms with Crippen LogP contribution in [0.4, 0.5) is 5.13 Å². The second-order valence-corrected chi connectivity index (χ2v) is 6.06. The smallest absolute Gasteiger partial charge is 0.257 e. The van der Waals surface area contributed by atoms with Gasteiger partial charge in [-0.1, -0.05) is 17.4 Å². The number of carbonyl (C=O) groups is 1. The minimum atomic E-state index is -0.152. The van der Waals surface area contributed by atoms with Crippen LogP contribution in [0, 0.1) is 0 Å². The molecule has 124 valence electrons. The number of fused-ring (bicyclic) bond motifs is 1. The number of hydrogen-bond acceptors (Lipinski definition) is 6. The van der Waals surface area contributed by atoms with Crippen molar-refractivity contribution in [3.05, 3.63) is 39.9 Å². The van der Waals surface area contributed by atoms with E-state index in [1.165, 1.54) is 22.5 Å². The van der Waals surface area contributed by atoms with Crippen molar-refractivity contribution in [2.24, 2.45) is 0 Å². The molecule has 3 rings (SSSR count). The number of nitrogens with one attached hydrogen (secondary N) is 2. The highest BCUT2D eigenvalue weighted by Gasteiger charge is 2.14. The maximum atomic E-state index is 12.3. The summed E-state index contributed by atoms with van der Waals surface area (Å²) in [7, 11) is 0. The zero-order valence-electron chi connectivity index (χ0n) is 12.8. The Bertz CT molecular complexity index is 677. The van der Waals surface area contributed by atoms with Crippen molar-refractivity contribution in [2.75, 3.05) is 18.5 Å². The minimum absolute atomic E-state index is 0. The monoisotopic (exact) mass is 354 g/mol. The Hall–Kier alpha value is -1.54. The summed E-state index contributed by atoms with van der Waals surface area (Å²) >= 11 is 1.34. The third-order valence-electron chi connectivity index (χ3n) is 3.47. The first-order chi connectivity index (χ1) is 10.8. The van der Waals surface area contributed by atoms with Gasteiger partial charge in [0.2, 0.25) is 5.13 Å². The van der Waals surface area contributed by atoms with Gasteiger partial charge in [0.15, 0.2) is 0 Å². The summed E-state index contributed by atoms with van der Waals surface area (Å²) in [6.45, 7) is 4.81. The molecule has 1 aromatic carbocycles. The lowest BCUT2D eigenvalue weighted by atomic mass is 9.98. The second kappa shape index (κ2) is 8.35. The molecule has 0 saturated heterocycles. The summed E-state index contributed by atoms with van der Waals surface area (Å²) in [4.78, 5) is 12.3. The van der Waals surface area contributed by atoms with Crippen molar-refractivity contribution in [3.8, 4) is 0 Å². The molecule has 1 aliphatic heterocycles. The lowest BCUT2D eigenvalue weighted by Gasteiger charge is -2.17. The van der Waals surface area contributed by atoms with E-state index < -0.39 is 0 Å². The second-order valence-electron chi connectivity index (χ2n) is 5.00. The fraction of sp³-hybridized carbons (Fsp3) is 0.400. The molecule has 2 heterocycles. The minimum Gasteiger partial charge on any atom is -0.374 e. The van der Waals surface area contributed by atoms with Gasteiger partial charge in [0, 0.05) is 18.7 Å². The van der Waals surface area contributed by atoms with Crippen LogP contribution in [-0.4, -0.2) is 29.3 Å². The van der Waals surface area contributed by atoms with Gasteiger partial charge in [-0.15, -0.1) is 22.6 Å². The van der Waals surface area contributed by atoms with E-state index in [1.54, 1.807) is 0 Å². The lowest BCUT2D eigenvalue weighted by Crippen LogP contribution is -2.24. The highest BCUT2D eigenvalue weighted by molar-refractivity contribution is 7.15. The molecule has 8 heteroatoms. The Morgan fingerprint density at radius 3 is 3.09 bits per heavy atom. The summed E-state index contributed by atoms with van der Waals surface area (Å²) in [5.74, 6) is -0.152. The highest BCUT2D eigenvalue weighted by Crippen LogP contribution is 2.19. The average molecular weight is 355 g/mol. The summed E-state index contributed by atoms with van der Waals surface area (Å²) < 4.78 is 5.27. The van der Waals surface area contributed by atoms with Crippen molar-refractivity contribution in [1.29, 1.82) is 0 Å². The SMILES string of the molecule is CCOCc1nnc(NC(=O)c2ccc3c(c2)CCNC3)s1.Cl. The maximum Gasteiger partial charge on any atom is 0.257 e. The number of benzene rings is 1. The summed E-state index contributed by atoms with van der Waals surface area (Å²) in [6.07, 6.45) is 0.952. The molecule has 1 amide bonds. The molecule has 6 nitrogen and oxygen atoms in total. The summed E-state index contributed by atoms with van der Waals surface area (Å²) in [6, 6.07) is 5.83. The Labute approximate surface area is 145 Å². The largest absolute Gasteiger partial charge is 0.374 e. The zero-order chi connectivity index (χ0) is 15.4. The lowest BCUT2D eigenvalue weighted by molar-refractivity contribution is 0.102. The van der Waals surface area contributed by atoms with Crippen molar-refractivity contribution in [1.82, 2.24) is 15.5 Å². The molecule has 0 saturated carbocycles. The number of carbonyl (C=O) groups excluding carboxylic acids is 1. The van der Waals surface area contributed by atoms with Crippen LogP contribution in [-0.2, 0) is 24.3 Å². The van der Waals surface area contributed by atoms with Crippen LogP contribution < -0.4 is 10.6 Å². The number of nitrogens with zero attached hydrogens (tertiary/aromatic N) is 2. The number of hydrogen-bond donors (Lipinski definition) is 2. The number of aromatic nitrogens is 2. The van der Waals surface area contributed by atoms with Crippen LogP contribution in [0.2, 0.25) is 0 Å². The fourth-order valence-corrected chi connectivity index (χ4v) is 3.01. The summed E-state index contributed by atoms with van der Waals surface area (Å²) in [5, 5.41) is 15.3. The van der Waals surface area contributed by atoms with E-state index >= 15 is 0 Å². The molecule has 2 N–H and O–H groups in total. The number of anilines is 1. The van der Waals surface area contributed by atoms with E-state index in [-0.39, 0.29) is 18.3 Å². The zero-order valence-corrected chi connectivity index (χ0v) is 14.4. The molecule has 0 unspecified atom stereocenters. The van der Waals surface area contributed by atoms with Crippen molar-refractivity contribution in [2.45, 2.75) is 26.5 Å². The molecule has 0 spiro atoms. The molecule has 0 bridgehead atoms. The number of amides is 1. The van der Waals surface area contributed by atoms with Crippen LogP contribution in [0.1, 0.15) is 33.4 Å². The van der Waals surface area contributed by atoms with Crippen molar-refractivity contribution in [3.63, 3.8) is 0 Å². The third kappa shape index (κ3) is 4.48. The number of rotatable bonds is 5. The van der Waals surface area contributed by atoms with Gasteiger partial charge in [-0.05, 0) is 43.1 Å². The van der Waals surface area contributed by atoms with Crippen LogP contribution >= 0.6 is 23.7 Å². The standard InChI is InChI=1S/C15H18N4O2S.ClH/c1-2-21-9-13-18-19-15(22-13)17-14(20)11-3-4-12-8-16-6-5-10(12)7-11;/h3-4,7,16H,2,5-6,8-9H2,1H3,(H,17,19,20);1H. The van der Waals surface area contributed by atoms with Gasteiger partial charge < -0.3 is 10.1 Å². The van der Waals surface area contributed by atoms with Gasteiger partial charge in [0.1, 0.15) is 11.6 Å². The Morgan fingerprint density at radius 2 is 2.26 bits per heavy atom. The van der Waals surface area contributed by atoms with Gasteiger partial charge in [-0.25, -0.2) is 0 Å². The summed E-state index contributed by atoms with van der Waals surface area (Å²) in [5.41, 5.74) is 3.15. The Morgan fingerprint density at radius 1 is 1.39 bits per heavy atom. The Balaban J connectivity index is 0.00000192. The van der Waals surface area contributed by atoms with Gasteiger partial charge in [0.05, 0.1) is 0 Å². The van der Waals surface area contributed by atoms with Crippen molar-refractivity contribution < 1.29 is 9.53 Å². The molecule has 0 radical (unpaired) electrons. The number of ether oxygens (including phenoxy) is 1. The maximum absolute atomic E-state index is 12.3. The van der Waals surface area contributed by atoms with E-state index in [0.29, 0.717) is 23.9 Å². The van der Waals surface area contributed by atoms with Crippen LogP contribution in [0.15, 0.2) is 18.2 Å². The first-order valence-electron chi connectivity index (χ1n) is 7.30. The predicted octanol–water partition coefficient (Wildman–Crippen LogP) is 2.39. The van der Waals surface area contributed by atoms with E-state index in [4.69, 9.17) is 4.74 Å². The topological polar surface area (TPSA) is 76.1 Å². The molecular formula is C15H19ClN4O2S. The molecule has 0 aliphatic carbocycles. The first kappa shape index (κ1) is 17.8. The van der Waals surface area contributed by atoms with Crippen LogP contribution in [0.5, 0.6) is 0 Å². The van der Waals surface area contributed by atoms with Gasteiger partial charge >= 0.3 is 0 Å². The molecule has 0 fully saturated rings. The third-order valence-corrected chi connectivity index (χ3v) is 4.28. The van der Waals surface area contributed by atoms with Crippen LogP contribution in [0.25, 0.3) is 0 Å². The average Bonchev–Trinajstić information content (AvgIpc) is 2.99. The first-order valence-corrected chi connectivity index (χ1v) is 8.12. The van der Waals surface area contributed by atoms with Crippen molar-refractivity contribution >= 4 is 34.8 Å². The molecule has 1 aliphatic rings. The number of halogens is 1. The van der Waals surface area contributed by atoms with E-state index in [2.05, 4.69) is 20.8 Å². The van der Waals surface area contributed by atoms with E-state index in [9.17, 15) is 4.79 Å². The highest BCUT2D eigenvalue weighted by atomic mass is 35.5. The molecule has 2 aromatic rings. The van der Waals surface area contributed by atoms with Gasteiger partial charge in [-0.3, -0.25) is 10.1 Å². The van der Waals surface area contributed by atoms with E-state index in [1.807, 2.05) is 25.1 Å². The molecular weight excluding hydrogens is 336 g/mol. The quantitative estimate of drug-likeness (QED) is 0.862. The fourth-order valence-electron chi connectivity index (χ4n) is 2.34. The van der Waals surface area contributed by atoms with Crippen LogP contribution in [0.3, 0.4) is 0 Å². The van der Waals surface area contributed by atoms with Gasteiger partial charge in [-0.2, -0.15) is 0 Å². The van der Waals surface area contributed by atoms with E-state index in [0.717, 1.165) is 24.5 Å². The molecule has 0 atom stereocenters. The molecule has 1 aromatic heterocycles. The van der Waals surface area contributed by atoms with Gasteiger partial charge in [0.25, 0.3) is 5.91 Å². The normalized spacial score (nSPS) is 13.1. The molecule has 23 heavy (non-hydrogen) atoms. The predicted molar refractivity (Wildman–Crippen MR) is 92.3 cm³/mol.